The van der Waals surface area contributed by atoms with Crippen molar-refractivity contribution in [2.45, 2.75) is 29.8 Å². The van der Waals surface area contributed by atoms with Gasteiger partial charge in [0.25, 0.3) is 0 Å². The number of carboxylic acids is 1. The number of hydrogen-bond donors (Lipinski definition) is 2. The first kappa shape index (κ1) is 22.0. The molecule has 2 heterocycles. The van der Waals surface area contributed by atoms with Crippen LogP contribution in [0.15, 0.2) is 58.8 Å². The molecule has 0 saturated carbocycles. The number of sulfonamides is 1. The topological polar surface area (TPSA) is 113 Å². The first-order chi connectivity index (χ1) is 14.3. The van der Waals surface area contributed by atoms with E-state index < -0.39 is 28.1 Å². The average Bonchev–Trinajstić information content (AvgIpc) is 3.12. The van der Waals surface area contributed by atoms with E-state index in [1.807, 2.05) is 17.5 Å². The minimum absolute atomic E-state index is 0.0477. The van der Waals surface area contributed by atoms with Gasteiger partial charge in [0.2, 0.25) is 15.9 Å². The van der Waals surface area contributed by atoms with Crippen molar-refractivity contribution in [3.05, 3.63) is 58.8 Å². The van der Waals surface area contributed by atoms with E-state index in [1.54, 1.807) is 12.2 Å². The predicted octanol–water partition coefficient (Wildman–Crippen LogP) is 1.89. The molecule has 2 N–H and O–H groups in total. The maximum Gasteiger partial charge on any atom is 0.324 e. The van der Waals surface area contributed by atoms with E-state index in [9.17, 15) is 23.1 Å². The maximum absolute atomic E-state index is 13.2. The molecular weight excluding hydrogens is 428 g/mol. The van der Waals surface area contributed by atoms with Gasteiger partial charge < -0.3 is 15.2 Å². The number of ether oxygens (including phenoxy) is 1. The summed E-state index contributed by atoms with van der Waals surface area (Å²) in [6.07, 6.45) is 3.61. The number of carboxylic acid groups (broad SMARTS) is 1. The first-order valence-corrected chi connectivity index (χ1v) is 11.5. The Bertz CT molecular complexity index is 1020. The number of hydrogen-bond acceptors (Lipinski definition) is 6. The lowest BCUT2D eigenvalue weighted by Crippen LogP contribution is -2.56. The highest BCUT2D eigenvalue weighted by molar-refractivity contribution is 7.89. The highest BCUT2D eigenvalue weighted by Gasteiger charge is 2.41. The van der Waals surface area contributed by atoms with Gasteiger partial charge in [-0.15, -0.1) is 11.3 Å². The maximum atomic E-state index is 13.2. The van der Waals surface area contributed by atoms with Crippen molar-refractivity contribution < 1.29 is 27.9 Å². The van der Waals surface area contributed by atoms with Crippen LogP contribution in [0.1, 0.15) is 11.3 Å². The van der Waals surface area contributed by atoms with Gasteiger partial charge in [-0.2, -0.15) is 4.31 Å². The number of methoxy groups -OCH3 is 1. The van der Waals surface area contributed by atoms with Gasteiger partial charge in [0.15, 0.2) is 0 Å². The van der Waals surface area contributed by atoms with Crippen molar-refractivity contribution in [3.63, 3.8) is 0 Å². The van der Waals surface area contributed by atoms with Gasteiger partial charge in [-0.1, -0.05) is 18.2 Å². The molecule has 1 aromatic heterocycles. The first-order valence-electron chi connectivity index (χ1n) is 9.18. The monoisotopic (exact) mass is 450 g/mol. The number of rotatable bonds is 7. The number of aliphatic carboxylic acids is 1. The molecule has 0 saturated heterocycles. The van der Waals surface area contributed by atoms with E-state index in [0.717, 1.165) is 9.18 Å². The van der Waals surface area contributed by atoms with Crippen molar-refractivity contribution in [1.29, 1.82) is 0 Å². The van der Waals surface area contributed by atoms with Crippen molar-refractivity contribution >= 4 is 33.2 Å². The third-order valence-electron chi connectivity index (χ3n) is 4.71. The molecule has 0 spiro atoms. The van der Waals surface area contributed by atoms with Crippen LogP contribution < -0.4 is 10.1 Å². The number of thiophene rings is 1. The summed E-state index contributed by atoms with van der Waals surface area (Å²) in [7, 11) is -2.66. The fraction of sp³-hybridized carbons (Fsp3) is 0.300. The van der Waals surface area contributed by atoms with Crippen molar-refractivity contribution in [3.8, 4) is 5.75 Å². The Labute approximate surface area is 178 Å². The van der Waals surface area contributed by atoms with Gasteiger partial charge >= 0.3 is 5.97 Å². The molecule has 1 aliphatic rings. The highest BCUT2D eigenvalue weighted by Crippen LogP contribution is 2.25. The van der Waals surface area contributed by atoms with E-state index in [1.165, 1.54) is 42.7 Å². The third-order valence-corrected chi connectivity index (χ3v) is 7.45. The SMILES string of the molecule is COc1ccc(S(=O)(=O)N2CC=CCC(NC(=O)Cc3cccs3)C2C(=O)O)cc1. The van der Waals surface area contributed by atoms with Crippen LogP contribution in [0, 0.1) is 0 Å². The Morgan fingerprint density at radius 3 is 2.57 bits per heavy atom. The number of carbonyl (C=O) groups excluding carboxylic acids is 1. The molecule has 0 radical (unpaired) electrons. The standard InChI is InChI=1S/C20H22N2O6S2/c1-28-14-7-9-16(10-8-14)30(26,27)22-11-3-2-6-17(19(22)20(24)25)21-18(23)13-15-5-4-12-29-15/h2-5,7-10,12,17,19H,6,11,13H2,1H3,(H,21,23)(H,24,25). The normalized spacial score (nSPS) is 19.8. The van der Waals surface area contributed by atoms with Gasteiger partial charge in [-0.25, -0.2) is 8.42 Å². The lowest BCUT2D eigenvalue weighted by Gasteiger charge is -2.31. The van der Waals surface area contributed by atoms with E-state index in [0.29, 0.717) is 5.75 Å². The Balaban J connectivity index is 1.87. The second-order valence-corrected chi connectivity index (χ2v) is 9.59. The predicted molar refractivity (Wildman–Crippen MR) is 112 cm³/mol. The quantitative estimate of drug-likeness (QED) is 0.623. The van der Waals surface area contributed by atoms with Crippen molar-refractivity contribution in [2.24, 2.45) is 0 Å². The molecule has 160 valence electrons. The van der Waals surface area contributed by atoms with Crippen LogP contribution in [0.25, 0.3) is 0 Å². The Kier molecular flexibility index (Phi) is 6.91. The number of nitrogens with zero attached hydrogens (tertiary/aromatic N) is 1. The van der Waals surface area contributed by atoms with Gasteiger partial charge in [0, 0.05) is 11.4 Å². The zero-order valence-electron chi connectivity index (χ0n) is 16.2. The van der Waals surface area contributed by atoms with E-state index in [2.05, 4.69) is 5.32 Å². The van der Waals surface area contributed by atoms with Crippen molar-refractivity contribution in [1.82, 2.24) is 9.62 Å². The zero-order chi connectivity index (χ0) is 21.7. The molecule has 0 fully saturated rings. The van der Waals surface area contributed by atoms with E-state index in [-0.39, 0.29) is 30.2 Å². The van der Waals surface area contributed by atoms with Gasteiger partial charge in [0.05, 0.1) is 24.5 Å². The Hall–Kier alpha value is -2.69. The molecule has 2 unspecified atom stereocenters. The molecule has 2 aromatic rings. The third kappa shape index (κ3) is 4.89. The molecule has 30 heavy (non-hydrogen) atoms. The summed E-state index contributed by atoms with van der Waals surface area (Å²) in [5, 5.41) is 14.4. The molecule has 2 atom stereocenters. The smallest absolute Gasteiger partial charge is 0.324 e. The molecule has 8 nitrogen and oxygen atoms in total. The molecular formula is C20H22N2O6S2. The summed E-state index contributed by atoms with van der Waals surface area (Å²) in [4.78, 5) is 25.3. The van der Waals surface area contributed by atoms with Gasteiger partial charge in [-0.05, 0) is 42.1 Å². The average molecular weight is 451 g/mol. The molecule has 1 aromatic carbocycles. The fourth-order valence-electron chi connectivity index (χ4n) is 3.26. The summed E-state index contributed by atoms with van der Waals surface area (Å²) >= 11 is 1.42. The van der Waals surface area contributed by atoms with Crippen molar-refractivity contribution in [2.75, 3.05) is 13.7 Å². The summed E-state index contributed by atoms with van der Waals surface area (Å²) in [6.45, 7) is -0.109. The number of amides is 1. The highest BCUT2D eigenvalue weighted by atomic mass is 32.2. The van der Waals surface area contributed by atoms with Crippen LogP contribution in [-0.2, 0) is 26.0 Å². The largest absolute Gasteiger partial charge is 0.497 e. The van der Waals surface area contributed by atoms with Crippen LogP contribution >= 0.6 is 11.3 Å². The summed E-state index contributed by atoms with van der Waals surface area (Å²) in [5.74, 6) is -1.19. The number of nitrogens with one attached hydrogen (secondary N) is 1. The molecule has 1 amide bonds. The minimum atomic E-state index is -4.13. The molecule has 1 aliphatic heterocycles. The fourth-order valence-corrected chi connectivity index (χ4v) is 5.53. The second kappa shape index (κ2) is 9.41. The van der Waals surface area contributed by atoms with Crippen LogP contribution in [0.3, 0.4) is 0 Å². The lowest BCUT2D eigenvalue weighted by atomic mass is 10.1. The summed E-state index contributed by atoms with van der Waals surface area (Å²) in [5.41, 5.74) is 0. The minimum Gasteiger partial charge on any atom is -0.497 e. The summed E-state index contributed by atoms with van der Waals surface area (Å²) in [6, 6.07) is 7.02. The molecule has 0 aliphatic carbocycles. The van der Waals surface area contributed by atoms with E-state index in [4.69, 9.17) is 4.74 Å². The Morgan fingerprint density at radius 2 is 1.97 bits per heavy atom. The van der Waals surface area contributed by atoms with E-state index >= 15 is 0 Å². The Morgan fingerprint density at radius 1 is 1.23 bits per heavy atom. The summed E-state index contributed by atoms with van der Waals surface area (Å²) < 4.78 is 32.4. The molecule has 10 heteroatoms. The lowest BCUT2D eigenvalue weighted by molar-refractivity contribution is -0.142. The molecule has 3 rings (SSSR count). The number of benzene rings is 1. The van der Waals surface area contributed by atoms with Gasteiger partial charge in [0.1, 0.15) is 11.8 Å². The van der Waals surface area contributed by atoms with Crippen LogP contribution in [0.2, 0.25) is 0 Å². The van der Waals surface area contributed by atoms with Crippen LogP contribution in [-0.4, -0.2) is 55.4 Å². The molecule has 0 bridgehead atoms. The zero-order valence-corrected chi connectivity index (χ0v) is 17.9. The van der Waals surface area contributed by atoms with Gasteiger partial charge in [-0.3, -0.25) is 9.59 Å². The van der Waals surface area contributed by atoms with Crippen LogP contribution in [0.5, 0.6) is 5.75 Å². The van der Waals surface area contributed by atoms with Crippen LogP contribution in [0.4, 0.5) is 0 Å². The second-order valence-electron chi connectivity index (χ2n) is 6.67. The number of carbonyl (C=O) groups is 2.